The van der Waals surface area contributed by atoms with Crippen molar-refractivity contribution in [3.8, 4) is 11.5 Å². The largest absolute Gasteiger partial charge is 0.494 e. The van der Waals surface area contributed by atoms with Crippen molar-refractivity contribution in [2.45, 2.75) is 18.4 Å². The number of para-hydroxylation sites is 1. The third kappa shape index (κ3) is 1.98. The van der Waals surface area contributed by atoms with E-state index in [0.717, 1.165) is 33.7 Å². The molecule has 3 nitrogen and oxygen atoms in total. The normalized spacial score (nSPS) is 21.3. The summed E-state index contributed by atoms with van der Waals surface area (Å²) >= 11 is 9.84. The Labute approximate surface area is 125 Å². The summed E-state index contributed by atoms with van der Waals surface area (Å²) in [4.78, 5) is 4.64. The third-order valence-corrected chi connectivity index (χ3v) is 4.95. The van der Waals surface area contributed by atoms with Crippen LogP contribution < -0.4 is 9.47 Å². The maximum Gasteiger partial charge on any atom is 0.196 e. The second-order valence-corrected chi connectivity index (χ2v) is 5.91. The molecule has 5 heteroatoms. The van der Waals surface area contributed by atoms with Crippen molar-refractivity contribution in [1.82, 2.24) is 4.98 Å². The summed E-state index contributed by atoms with van der Waals surface area (Å²) in [6.07, 6.45) is 0.654. The van der Waals surface area contributed by atoms with Gasteiger partial charge in [0.2, 0.25) is 0 Å². The topological polar surface area (TPSA) is 31.4 Å². The van der Waals surface area contributed by atoms with E-state index in [1.54, 1.807) is 7.11 Å². The quantitative estimate of drug-likeness (QED) is 0.778. The van der Waals surface area contributed by atoms with Crippen molar-refractivity contribution in [3.63, 3.8) is 0 Å². The molecule has 3 rings (SSSR count). The van der Waals surface area contributed by atoms with Gasteiger partial charge in [0, 0.05) is 23.1 Å². The van der Waals surface area contributed by atoms with Gasteiger partial charge >= 0.3 is 0 Å². The molecule has 0 aliphatic carbocycles. The van der Waals surface area contributed by atoms with Crippen LogP contribution in [-0.4, -0.2) is 22.5 Å². The summed E-state index contributed by atoms with van der Waals surface area (Å²) in [7, 11) is 1.64. The van der Waals surface area contributed by atoms with Gasteiger partial charge in [0.1, 0.15) is 17.0 Å². The van der Waals surface area contributed by atoms with E-state index >= 15 is 0 Å². The van der Waals surface area contributed by atoms with E-state index in [2.05, 4.69) is 20.9 Å². The zero-order valence-corrected chi connectivity index (χ0v) is 13.0. The fourth-order valence-corrected chi connectivity index (χ4v) is 2.95. The SMILES string of the molecule is COc1cccc2c3c(c(C)nc12)CC(Cl)(CBr)O3. The molecule has 0 amide bonds. The van der Waals surface area contributed by atoms with Crippen molar-refractivity contribution >= 4 is 38.4 Å². The smallest absolute Gasteiger partial charge is 0.196 e. The Bertz CT molecular complexity index is 661. The molecule has 100 valence electrons. The van der Waals surface area contributed by atoms with Crippen LogP contribution in [-0.2, 0) is 6.42 Å². The van der Waals surface area contributed by atoms with Gasteiger partial charge in [0.05, 0.1) is 12.4 Å². The van der Waals surface area contributed by atoms with Gasteiger partial charge in [0.25, 0.3) is 0 Å². The fraction of sp³-hybridized carbons (Fsp3) is 0.357. The van der Waals surface area contributed by atoms with Crippen molar-refractivity contribution in [2.75, 3.05) is 12.4 Å². The maximum absolute atomic E-state index is 6.44. The highest BCUT2D eigenvalue weighted by molar-refractivity contribution is 9.09. The number of halogens is 2. The number of aromatic nitrogens is 1. The first-order chi connectivity index (χ1) is 9.08. The van der Waals surface area contributed by atoms with Gasteiger partial charge in [-0.2, -0.15) is 0 Å². The predicted molar refractivity (Wildman–Crippen MR) is 79.7 cm³/mol. The van der Waals surface area contributed by atoms with Crippen molar-refractivity contribution in [2.24, 2.45) is 0 Å². The molecule has 0 spiro atoms. The number of nitrogens with zero attached hydrogens (tertiary/aromatic N) is 1. The van der Waals surface area contributed by atoms with E-state index in [1.807, 2.05) is 25.1 Å². The minimum absolute atomic E-state index is 0.571. The highest BCUT2D eigenvalue weighted by atomic mass is 79.9. The predicted octanol–water partition coefficient (Wildman–Crippen LogP) is 3.82. The summed E-state index contributed by atoms with van der Waals surface area (Å²) in [6.45, 7) is 1.98. The van der Waals surface area contributed by atoms with E-state index in [9.17, 15) is 0 Å². The molecule has 1 aromatic heterocycles. The van der Waals surface area contributed by atoms with Crippen molar-refractivity contribution in [3.05, 3.63) is 29.5 Å². The number of rotatable bonds is 2. The van der Waals surface area contributed by atoms with Crippen LogP contribution in [0.25, 0.3) is 10.9 Å². The zero-order chi connectivity index (χ0) is 13.6. The molecular formula is C14H13BrClNO2. The minimum atomic E-state index is -0.716. The van der Waals surface area contributed by atoms with Gasteiger partial charge in [0.15, 0.2) is 5.06 Å². The molecule has 2 aromatic rings. The average Bonchev–Trinajstić information content (AvgIpc) is 2.78. The molecule has 1 unspecified atom stereocenters. The summed E-state index contributed by atoms with van der Waals surface area (Å²) in [5.74, 6) is 1.58. The number of pyridine rings is 1. The molecule has 0 saturated carbocycles. The van der Waals surface area contributed by atoms with Gasteiger partial charge in [-0.25, -0.2) is 4.98 Å². The molecule has 0 bridgehead atoms. The van der Waals surface area contributed by atoms with Crippen molar-refractivity contribution < 1.29 is 9.47 Å². The molecule has 1 atom stereocenters. The van der Waals surface area contributed by atoms with Crippen LogP contribution in [0.3, 0.4) is 0 Å². The number of benzene rings is 1. The van der Waals surface area contributed by atoms with Gasteiger partial charge in [-0.1, -0.05) is 33.6 Å². The maximum atomic E-state index is 6.44. The number of hydrogen-bond donors (Lipinski definition) is 0. The monoisotopic (exact) mass is 341 g/mol. The summed E-state index contributed by atoms with van der Waals surface area (Å²) < 4.78 is 11.3. The van der Waals surface area contributed by atoms with Crippen LogP contribution in [0.4, 0.5) is 0 Å². The van der Waals surface area contributed by atoms with Crippen LogP contribution in [0.2, 0.25) is 0 Å². The highest BCUT2D eigenvalue weighted by Gasteiger charge is 2.39. The molecule has 0 saturated heterocycles. The number of methoxy groups -OCH3 is 1. The summed E-state index contributed by atoms with van der Waals surface area (Å²) in [5.41, 5.74) is 2.84. The van der Waals surface area contributed by atoms with Crippen LogP contribution in [0.1, 0.15) is 11.3 Å². The molecule has 0 N–H and O–H groups in total. The lowest BCUT2D eigenvalue weighted by Gasteiger charge is -2.17. The average molecular weight is 343 g/mol. The molecule has 2 heterocycles. The van der Waals surface area contributed by atoms with Gasteiger partial charge in [-0.05, 0) is 19.1 Å². The molecule has 19 heavy (non-hydrogen) atoms. The molecule has 0 fully saturated rings. The number of aryl methyl sites for hydroxylation is 1. The zero-order valence-electron chi connectivity index (χ0n) is 10.7. The molecule has 1 aromatic carbocycles. The lowest BCUT2D eigenvalue weighted by molar-refractivity contribution is 0.218. The Morgan fingerprint density at radius 3 is 3.00 bits per heavy atom. The Hall–Kier alpha value is -1.00. The highest BCUT2D eigenvalue weighted by Crippen LogP contribution is 2.45. The molecule has 1 aliphatic heterocycles. The minimum Gasteiger partial charge on any atom is -0.494 e. The standard InChI is InChI=1S/C14H13BrClNO2/c1-8-10-6-14(16,7-15)19-13(10)9-4-3-5-11(18-2)12(9)17-8/h3-5H,6-7H2,1-2H3. The molecular weight excluding hydrogens is 330 g/mol. The van der Waals surface area contributed by atoms with E-state index in [4.69, 9.17) is 21.1 Å². The second-order valence-electron chi connectivity index (χ2n) is 4.66. The summed E-state index contributed by atoms with van der Waals surface area (Å²) in [6, 6.07) is 5.82. The van der Waals surface area contributed by atoms with Crippen LogP contribution >= 0.6 is 27.5 Å². The lowest BCUT2D eigenvalue weighted by atomic mass is 10.1. The first-order valence-corrected chi connectivity index (χ1v) is 7.48. The second kappa shape index (κ2) is 4.53. The molecule has 1 aliphatic rings. The van der Waals surface area contributed by atoms with E-state index in [0.29, 0.717) is 11.8 Å². The van der Waals surface area contributed by atoms with E-state index in [1.165, 1.54) is 0 Å². The fourth-order valence-electron chi connectivity index (χ4n) is 2.43. The Kier molecular flexibility index (Phi) is 3.10. The lowest BCUT2D eigenvalue weighted by Crippen LogP contribution is -2.28. The first-order valence-electron chi connectivity index (χ1n) is 5.98. The van der Waals surface area contributed by atoms with E-state index in [-0.39, 0.29) is 0 Å². The number of hydrogen-bond acceptors (Lipinski definition) is 3. The first kappa shape index (κ1) is 13.0. The molecule has 0 radical (unpaired) electrons. The number of fused-ring (bicyclic) bond motifs is 3. The number of alkyl halides is 2. The summed E-state index contributed by atoms with van der Waals surface area (Å²) in [5, 5.41) is 0.802. The van der Waals surface area contributed by atoms with Crippen LogP contribution in [0, 0.1) is 6.92 Å². The van der Waals surface area contributed by atoms with E-state index < -0.39 is 5.06 Å². The van der Waals surface area contributed by atoms with Gasteiger partial charge in [-0.15, -0.1) is 0 Å². The van der Waals surface area contributed by atoms with Crippen molar-refractivity contribution in [1.29, 1.82) is 0 Å². The Morgan fingerprint density at radius 2 is 2.32 bits per heavy atom. The Balaban J connectivity index is 2.29. The third-order valence-electron chi connectivity index (χ3n) is 3.38. The van der Waals surface area contributed by atoms with Crippen LogP contribution in [0.5, 0.6) is 11.5 Å². The van der Waals surface area contributed by atoms with Gasteiger partial charge in [-0.3, -0.25) is 0 Å². The van der Waals surface area contributed by atoms with Crippen LogP contribution in [0.15, 0.2) is 18.2 Å². The van der Waals surface area contributed by atoms with Gasteiger partial charge < -0.3 is 9.47 Å². The Morgan fingerprint density at radius 1 is 1.53 bits per heavy atom. The number of ether oxygens (including phenoxy) is 2.